The predicted octanol–water partition coefficient (Wildman–Crippen LogP) is 0.771. The van der Waals surface area contributed by atoms with Crippen LogP contribution >= 0.6 is 0 Å². The number of methoxy groups -OCH3 is 2. The number of nitrogens with two attached hydrogens (primary N) is 1. The number of anilines is 1. The van der Waals surface area contributed by atoms with E-state index in [2.05, 4.69) is 10.3 Å². The van der Waals surface area contributed by atoms with Crippen molar-refractivity contribution in [3.8, 4) is 11.5 Å². The van der Waals surface area contributed by atoms with Gasteiger partial charge in [-0.15, -0.1) is 5.10 Å². The van der Waals surface area contributed by atoms with E-state index in [0.717, 1.165) is 0 Å². The SMILES string of the molecule is COc1cc(N)c(C(=O)OCc2cn(C)nn2)cc1OC. The van der Waals surface area contributed by atoms with Gasteiger partial charge in [0, 0.05) is 19.2 Å². The number of nitrogens with zero attached hydrogens (tertiary/aromatic N) is 3. The van der Waals surface area contributed by atoms with E-state index in [1.54, 1.807) is 13.2 Å². The molecule has 0 saturated carbocycles. The van der Waals surface area contributed by atoms with Crippen molar-refractivity contribution in [1.82, 2.24) is 15.0 Å². The van der Waals surface area contributed by atoms with Crippen molar-refractivity contribution in [3.05, 3.63) is 29.6 Å². The maximum absolute atomic E-state index is 12.1. The number of ether oxygens (including phenoxy) is 3. The van der Waals surface area contributed by atoms with Crippen LogP contribution in [0.25, 0.3) is 0 Å². The van der Waals surface area contributed by atoms with E-state index in [1.165, 1.54) is 31.0 Å². The molecular formula is C13H16N4O4. The summed E-state index contributed by atoms with van der Waals surface area (Å²) in [6.07, 6.45) is 1.66. The highest BCUT2D eigenvalue weighted by Gasteiger charge is 2.17. The van der Waals surface area contributed by atoms with Gasteiger partial charge >= 0.3 is 5.97 Å². The molecule has 112 valence electrons. The number of hydrogen-bond acceptors (Lipinski definition) is 7. The van der Waals surface area contributed by atoms with Gasteiger partial charge in [0.1, 0.15) is 12.3 Å². The molecule has 8 heteroatoms. The summed E-state index contributed by atoms with van der Waals surface area (Å²) in [5.41, 5.74) is 6.82. The van der Waals surface area contributed by atoms with Crippen molar-refractivity contribution in [2.24, 2.45) is 7.05 Å². The van der Waals surface area contributed by atoms with Gasteiger partial charge in [-0.2, -0.15) is 0 Å². The monoisotopic (exact) mass is 292 g/mol. The first kappa shape index (κ1) is 14.6. The number of rotatable bonds is 5. The van der Waals surface area contributed by atoms with Gasteiger partial charge in [-0.25, -0.2) is 4.79 Å². The van der Waals surface area contributed by atoms with Gasteiger partial charge in [-0.3, -0.25) is 4.68 Å². The van der Waals surface area contributed by atoms with Crippen LogP contribution in [-0.2, 0) is 18.4 Å². The second-order valence-corrected chi connectivity index (χ2v) is 4.25. The summed E-state index contributed by atoms with van der Waals surface area (Å²) in [6, 6.07) is 2.99. The third-order valence-electron chi connectivity index (χ3n) is 2.78. The molecule has 1 aromatic heterocycles. The molecule has 0 aliphatic heterocycles. The van der Waals surface area contributed by atoms with Crippen molar-refractivity contribution in [2.75, 3.05) is 20.0 Å². The Morgan fingerprint density at radius 2 is 1.95 bits per heavy atom. The van der Waals surface area contributed by atoms with Crippen molar-refractivity contribution in [1.29, 1.82) is 0 Å². The third kappa shape index (κ3) is 3.22. The van der Waals surface area contributed by atoms with Crippen LogP contribution in [0.15, 0.2) is 18.3 Å². The van der Waals surface area contributed by atoms with Gasteiger partial charge in [0.15, 0.2) is 11.5 Å². The number of carbonyl (C=O) groups excluding carboxylic acids is 1. The minimum atomic E-state index is -0.570. The van der Waals surface area contributed by atoms with Crippen LogP contribution in [0.1, 0.15) is 16.1 Å². The highest BCUT2D eigenvalue weighted by atomic mass is 16.5. The largest absolute Gasteiger partial charge is 0.493 e. The lowest BCUT2D eigenvalue weighted by Crippen LogP contribution is -2.09. The molecule has 2 N–H and O–H groups in total. The van der Waals surface area contributed by atoms with Gasteiger partial charge in [-0.05, 0) is 0 Å². The summed E-state index contributed by atoms with van der Waals surface area (Å²) < 4.78 is 16.9. The Morgan fingerprint density at radius 3 is 2.52 bits per heavy atom. The molecule has 0 aliphatic rings. The van der Waals surface area contributed by atoms with Crippen LogP contribution in [-0.4, -0.2) is 35.2 Å². The first-order chi connectivity index (χ1) is 10.0. The number of esters is 1. The molecule has 1 heterocycles. The Balaban J connectivity index is 2.15. The molecule has 0 saturated heterocycles. The van der Waals surface area contributed by atoms with Crippen LogP contribution in [0.5, 0.6) is 11.5 Å². The predicted molar refractivity (Wildman–Crippen MR) is 74.1 cm³/mol. The second-order valence-electron chi connectivity index (χ2n) is 4.25. The van der Waals surface area contributed by atoms with Crippen LogP contribution in [0.4, 0.5) is 5.69 Å². The van der Waals surface area contributed by atoms with Gasteiger partial charge < -0.3 is 19.9 Å². The molecule has 0 unspecified atom stereocenters. The van der Waals surface area contributed by atoms with E-state index in [-0.39, 0.29) is 17.9 Å². The average Bonchev–Trinajstić information content (AvgIpc) is 2.90. The lowest BCUT2D eigenvalue weighted by Gasteiger charge is -2.11. The topological polar surface area (TPSA) is 101 Å². The molecule has 1 aromatic carbocycles. The fourth-order valence-corrected chi connectivity index (χ4v) is 1.75. The summed E-state index contributed by atoms with van der Waals surface area (Å²) in [7, 11) is 4.69. The van der Waals surface area contributed by atoms with E-state index in [4.69, 9.17) is 19.9 Å². The van der Waals surface area contributed by atoms with E-state index in [9.17, 15) is 4.79 Å². The maximum Gasteiger partial charge on any atom is 0.340 e. The van der Waals surface area contributed by atoms with Crippen molar-refractivity contribution in [3.63, 3.8) is 0 Å². The van der Waals surface area contributed by atoms with E-state index in [0.29, 0.717) is 17.2 Å². The molecule has 2 aromatic rings. The summed E-state index contributed by atoms with van der Waals surface area (Å²) in [4.78, 5) is 12.1. The normalized spacial score (nSPS) is 10.2. The number of aromatic nitrogens is 3. The van der Waals surface area contributed by atoms with Crippen LogP contribution in [0, 0.1) is 0 Å². The van der Waals surface area contributed by atoms with Crippen LogP contribution < -0.4 is 15.2 Å². The zero-order valence-corrected chi connectivity index (χ0v) is 12.0. The Kier molecular flexibility index (Phi) is 4.27. The molecule has 0 amide bonds. The lowest BCUT2D eigenvalue weighted by atomic mass is 10.1. The van der Waals surface area contributed by atoms with Crippen molar-refractivity contribution < 1.29 is 19.0 Å². The zero-order valence-electron chi connectivity index (χ0n) is 12.0. The van der Waals surface area contributed by atoms with E-state index < -0.39 is 5.97 Å². The Hall–Kier alpha value is -2.77. The van der Waals surface area contributed by atoms with Crippen LogP contribution in [0.3, 0.4) is 0 Å². The summed E-state index contributed by atoms with van der Waals surface area (Å²) in [5.74, 6) is 0.276. The summed E-state index contributed by atoms with van der Waals surface area (Å²) >= 11 is 0. The number of aryl methyl sites for hydroxylation is 1. The molecule has 8 nitrogen and oxygen atoms in total. The average molecular weight is 292 g/mol. The third-order valence-corrected chi connectivity index (χ3v) is 2.78. The molecule has 21 heavy (non-hydrogen) atoms. The lowest BCUT2D eigenvalue weighted by molar-refractivity contribution is 0.0468. The standard InChI is InChI=1S/C13H16N4O4/c1-17-6-8(15-16-17)7-21-13(18)9-4-11(19-2)12(20-3)5-10(9)14/h4-6H,7,14H2,1-3H3. The van der Waals surface area contributed by atoms with E-state index in [1.807, 2.05) is 0 Å². The minimum Gasteiger partial charge on any atom is -0.493 e. The molecule has 0 radical (unpaired) electrons. The number of nitrogen functional groups attached to an aromatic ring is 1. The quantitative estimate of drug-likeness (QED) is 0.641. The van der Waals surface area contributed by atoms with Gasteiger partial charge in [-0.1, -0.05) is 5.21 Å². The van der Waals surface area contributed by atoms with Crippen LogP contribution in [0.2, 0.25) is 0 Å². The number of benzene rings is 1. The summed E-state index contributed by atoms with van der Waals surface area (Å²) in [5, 5.41) is 7.57. The molecular weight excluding hydrogens is 276 g/mol. The van der Waals surface area contributed by atoms with Crippen molar-refractivity contribution >= 4 is 11.7 Å². The smallest absolute Gasteiger partial charge is 0.340 e. The van der Waals surface area contributed by atoms with E-state index >= 15 is 0 Å². The second kappa shape index (κ2) is 6.12. The highest BCUT2D eigenvalue weighted by Crippen LogP contribution is 2.32. The summed E-state index contributed by atoms with van der Waals surface area (Å²) in [6.45, 7) is 0.0143. The molecule has 0 bridgehead atoms. The Bertz CT molecular complexity index is 654. The van der Waals surface area contributed by atoms with Gasteiger partial charge in [0.25, 0.3) is 0 Å². The fraction of sp³-hybridized carbons (Fsp3) is 0.308. The zero-order chi connectivity index (χ0) is 15.4. The first-order valence-corrected chi connectivity index (χ1v) is 6.09. The first-order valence-electron chi connectivity index (χ1n) is 6.09. The van der Waals surface area contributed by atoms with Crippen molar-refractivity contribution in [2.45, 2.75) is 6.61 Å². The highest BCUT2D eigenvalue weighted by molar-refractivity contribution is 5.96. The maximum atomic E-state index is 12.1. The molecule has 0 atom stereocenters. The molecule has 0 spiro atoms. The minimum absolute atomic E-state index is 0.0143. The molecule has 0 fully saturated rings. The number of hydrogen-bond donors (Lipinski definition) is 1. The Labute approximate surface area is 121 Å². The molecule has 2 rings (SSSR count). The number of carbonyl (C=O) groups is 1. The fourth-order valence-electron chi connectivity index (χ4n) is 1.75. The Morgan fingerprint density at radius 1 is 1.29 bits per heavy atom. The van der Waals surface area contributed by atoms with Gasteiger partial charge in [0.2, 0.25) is 0 Å². The molecule has 0 aliphatic carbocycles. The van der Waals surface area contributed by atoms with Gasteiger partial charge in [0.05, 0.1) is 31.7 Å².